The summed E-state index contributed by atoms with van der Waals surface area (Å²) in [5, 5.41) is 13.8. The minimum absolute atomic E-state index is 0. The lowest BCUT2D eigenvalue weighted by atomic mass is 9.77. The molecule has 0 amide bonds. The molecule has 9 heteroatoms. The van der Waals surface area contributed by atoms with Crippen LogP contribution in [0.2, 0.25) is 0 Å². The molecule has 2 aliphatic heterocycles. The number of fused-ring (bicyclic) bond motifs is 1. The Morgan fingerprint density at radius 2 is 1.87 bits per heavy atom. The topological polar surface area (TPSA) is 89.4 Å². The molecule has 0 bridgehead atoms. The third kappa shape index (κ3) is 4.48. The molecule has 4 rings (SSSR count). The van der Waals surface area contributed by atoms with Crippen molar-refractivity contribution in [2.24, 2.45) is 4.99 Å². The molecule has 0 atom stereocenters. The summed E-state index contributed by atoms with van der Waals surface area (Å²) in [5.74, 6) is 1.26. The Kier molecular flexibility index (Phi) is 6.91. The molecule has 2 aromatic heterocycles. The quantitative estimate of drug-likeness (QED) is 0.628. The van der Waals surface area contributed by atoms with Gasteiger partial charge in [0.2, 0.25) is 11.8 Å². The summed E-state index contributed by atoms with van der Waals surface area (Å²) < 4.78 is 0. The predicted molar refractivity (Wildman–Crippen MR) is 128 cm³/mol. The third-order valence-electron chi connectivity index (χ3n) is 6.08. The number of hydrogen-bond donors (Lipinski definition) is 3. The predicted octanol–water partition coefficient (Wildman–Crippen LogP) is 4.67. The van der Waals surface area contributed by atoms with Gasteiger partial charge in [-0.1, -0.05) is 0 Å². The summed E-state index contributed by atoms with van der Waals surface area (Å²) in [6.07, 6.45) is 7.33. The zero-order valence-electron chi connectivity index (χ0n) is 17.9. The number of nitrogens with one attached hydrogen (secondary N) is 2. The molecule has 3 N–H and O–H groups in total. The first-order valence-electron chi connectivity index (χ1n) is 9.66. The summed E-state index contributed by atoms with van der Waals surface area (Å²) in [7, 11) is 2.19. The van der Waals surface area contributed by atoms with Crippen molar-refractivity contribution in [3.8, 4) is 5.88 Å². The number of rotatable bonds is 3. The van der Waals surface area contributed by atoms with Crippen LogP contribution in [0.25, 0.3) is 11.6 Å². The molecule has 0 saturated carbocycles. The van der Waals surface area contributed by atoms with Crippen LogP contribution in [-0.4, -0.2) is 55.3 Å². The number of aliphatic imine (C=N–C) groups is 1. The second kappa shape index (κ2) is 8.57. The molecule has 1 saturated heterocycles. The van der Waals surface area contributed by atoms with Gasteiger partial charge in [0.25, 0.3) is 0 Å². The van der Waals surface area contributed by atoms with Gasteiger partial charge in [0.05, 0.1) is 0 Å². The summed E-state index contributed by atoms with van der Waals surface area (Å²) in [4.78, 5) is 18.5. The highest BCUT2D eigenvalue weighted by atomic mass is 35.5. The fourth-order valence-corrected chi connectivity index (χ4v) is 4.41. The van der Waals surface area contributed by atoms with Crippen LogP contribution in [0.15, 0.2) is 23.3 Å². The number of anilines is 1. The number of imidazole rings is 1. The van der Waals surface area contributed by atoms with Gasteiger partial charge in [-0.15, -0.1) is 24.8 Å². The Morgan fingerprint density at radius 1 is 1.20 bits per heavy atom. The lowest BCUT2D eigenvalue weighted by Crippen LogP contribution is -2.61. The van der Waals surface area contributed by atoms with E-state index in [0.717, 1.165) is 24.0 Å². The van der Waals surface area contributed by atoms with E-state index in [1.165, 1.54) is 0 Å². The van der Waals surface area contributed by atoms with Gasteiger partial charge >= 0.3 is 0 Å². The number of piperidine rings is 1. The largest absolute Gasteiger partial charge is 0.492 e. The Balaban J connectivity index is 0.00000160. The van der Waals surface area contributed by atoms with E-state index in [-0.39, 0.29) is 47.8 Å². The van der Waals surface area contributed by atoms with Crippen LogP contribution in [0, 0.1) is 0 Å². The van der Waals surface area contributed by atoms with Crippen molar-refractivity contribution < 1.29 is 5.11 Å². The molecule has 0 radical (unpaired) electrons. The monoisotopic (exact) mass is 452 g/mol. The number of aromatic nitrogens is 3. The molecule has 30 heavy (non-hydrogen) atoms. The van der Waals surface area contributed by atoms with Crippen molar-refractivity contribution in [1.82, 2.24) is 19.9 Å². The Bertz CT molecular complexity index is 948. The van der Waals surface area contributed by atoms with Crippen LogP contribution in [-0.2, 0) is 0 Å². The van der Waals surface area contributed by atoms with Crippen molar-refractivity contribution in [2.45, 2.75) is 57.7 Å². The smallest absolute Gasteiger partial charge is 0.238 e. The lowest BCUT2D eigenvalue weighted by molar-refractivity contribution is -0.00777. The lowest BCUT2D eigenvalue weighted by Gasteiger charge is -2.53. The number of likely N-dealkylation sites (tertiary alicyclic amines) is 1. The highest BCUT2D eigenvalue weighted by Gasteiger charge is 2.43. The number of H-pyrrole nitrogens is 1. The van der Waals surface area contributed by atoms with Crippen molar-refractivity contribution >= 4 is 54.4 Å². The van der Waals surface area contributed by atoms with Crippen LogP contribution in [0.4, 0.5) is 11.8 Å². The number of aromatic amines is 1. The molecule has 0 unspecified atom stereocenters. The maximum atomic E-state index is 10.3. The van der Waals surface area contributed by atoms with E-state index < -0.39 is 0 Å². The molecule has 0 aliphatic carbocycles. The first-order chi connectivity index (χ1) is 13.2. The van der Waals surface area contributed by atoms with Gasteiger partial charge in [0.1, 0.15) is 5.69 Å². The number of pyridine rings is 1. The molecule has 7 nitrogen and oxygen atoms in total. The standard InChI is InChI=1S/C21H28N6O.2ClH/c1-20(2)10-14(11-21(3,4)27(20)5)24-19-25-16(18(28)26-19)9-13-12-23-17-15(13)7-6-8-22-17;;/h6-9,12,14,28H,10-11H2,1-5H3,(H2,24,25,26);2*1H. The van der Waals surface area contributed by atoms with Crippen LogP contribution < -0.4 is 5.32 Å². The highest BCUT2D eigenvalue weighted by Crippen LogP contribution is 2.38. The molecule has 2 aromatic rings. The van der Waals surface area contributed by atoms with Crippen molar-refractivity contribution in [2.75, 3.05) is 12.4 Å². The van der Waals surface area contributed by atoms with E-state index in [1.54, 1.807) is 12.4 Å². The number of nitrogens with zero attached hydrogens (tertiary/aromatic N) is 4. The van der Waals surface area contributed by atoms with Crippen LogP contribution in [0.3, 0.4) is 0 Å². The van der Waals surface area contributed by atoms with Crippen LogP contribution in [0.1, 0.15) is 51.8 Å². The second-order valence-electron chi connectivity index (χ2n) is 8.99. The fraction of sp³-hybridized carbons (Fsp3) is 0.476. The first kappa shape index (κ1) is 24.2. The average Bonchev–Trinajstić information content (AvgIpc) is 3.16. The normalized spacial score (nSPS) is 21.0. The molecular weight excluding hydrogens is 423 g/mol. The van der Waals surface area contributed by atoms with Gasteiger partial charge in [-0.3, -0.25) is 4.90 Å². The highest BCUT2D eigenvalue weighted by molar-refractivity contribution is 6.20. The zero-order chi connectivity index (χ0) is 20.1. The number of halogens is 2. The van der Waals surface area contributed by atoms with Gasteiger partial charge in [0.15, 0.2) is 5.82 Å². The Labute approximate surface area is 189 Å². The Hall–Kier alpha value is -2.09. The minimum atomic E-state index is -0.0211. The minimum Gasteiger partial charge on any atom is -0.492 e. The van der Waals surface area contributed by atoms with Gasteiger partial charge in [0, 0.05) is 40.7 Å². The van der Waals surface area contributed by atoms with E-state index in [1.807, 2.05) is 18.2 Å². The zero-order valence-corrected chi connectivity index (χ0v) is 19.6. The van der Waals surface area contributed by atoms with E-state index in [0.29, 0.717) is 17.5 Å². The number of allylic oxidation sites excluding steroid dienone is 1. The van der Waals surface area contributed by atoms with Crippen molar-refractivity contribution in [1.29, 1.82) is 0 Å². The second-order valence-corrected chi connectivity index (χ2v) is 8.99. The summed E-state index contributed by atoms with van der Waals surface area (Å²) in [6.45, 7) is 9.07. The summed E-state index contributed by atoms with van der Waals surface area (Å²) >= 11 is 0. The van der Waals surface area contributed by atoms with E-state index in [9.17, 15) is 5.11 Å². The third-order valence-corrected chi connectivity index (χ3v) is 6.08. The van der Waals surface area contributed by atoms with E-state index in [4.69, 9.17) is 0 Å². The van der Waals surface area contributed by atoms with E-state index in [2.05, 4.69) is 64.9 Å². The van der Waals surface area contributed by atoms with Gasteiger partial charge in [-0.2, -0.15) is 4.98 Å². The molecule has 4 heterocycles. The maximum absolute atomic E-state index is 10.3. The van der Waals surface area contributed by atoms with Crippen LogP contribution in [0.5, 0.6) is 5.88 Å². The fourth-order valence-electron chi connectivity index (χ4n) is 4.41. The maximum Gasteiger partial charge on any atom is 0.238 e. The SMILES string of the molecule is CN1C(C)(C)CC(Nc2nc(O)c(C=C3C=Nc4ncccc43)[nH]2)CC1(C)C.Cl.Cl. The van der Waals surface area contributed by atoms with Crippen LogP contribution >= 0.6 is 24.8 Å². The van der Waals surface area contributed by atoms with Crippen molar-refractivity contribution in [3.05, 3.63) is 29.6 Å². The summed E-state index contributed by atoms with van der Waals surface area (Å²) in [6, 6.07) is 4.12. The van der Waals surface area contributed by atoms with Crippen molar-refractivity contribution in [3.63, 3.8) is 0 Å². The molecular formula is C21H30Cl2N6O. The summed E-state index contributed by atoms with van der Waals surface area (Å²) in [5.41, 5.74) is 2.57. The molecule has 1 fully saturated rings. The molecule has 0 aromatic carbocycles. The molecule has 2 aliphatic rings. The molecule has 164 valence electrons. The first-order valence-corrected chi connectivity index (χ1v) is 9.66. The van der Waals surface area contributed by atoms with Gasteiger partial charge < -0.3 is 15.4 Å². The Morgan fingerprint density at radius 3 is 2.53 bits per heavy atom. The van der Waals surface area contributed by atoms with Gasteiger partial charge in [-0.25, -0.2) is 9.98 Å². The van der Waals surface area contributed by atoms with Gasteiger partial charge in [-0.05, 0) is 65.8 Å². The van der Waals surface area contributed by atoms with E-state index >= 15 is 0 Å². The molecule has 0 spiro atoms. The number of aromatic hydroxyl groups is 1. The number of hydrogen-bond acceptors (Lipinski definition) is 6. The average molecular weight is 453 g/mol.